The maximum Gasteiger partial charge on any atom is 0.305 e. The molecule has 0 aliphatic rings. The number of nitrogens with one attached hydrogen (secondary N) is 1. The lowest BCUT2D eigenvalue weighted by Gasteiger charge is -2.15. The zero-order chi connectivity index (χ0) is 12.0. The number of carbonyl (C=O) groups is 2. The van der Waals surface area contributed by atoms with Crippen LogP contribution in [0.3, 0.4) is 0 Å². The molecule has 1 rings (SSSR count). The van der Waals surface area contributed by atoms with Crippen LogP contribution in [0.2, 0.25) is 0 Å². The number of aliphatic carboxylic acids is 1. The van der Waals surface area contributed by atoms with E-state index in [1.165, 1.54) is 11.3 Å². The second-order valence-corrected chi connectivity index (χ2v) is 4.35. The van der Waals surface area contributed by atoms with Crippen LogP contribution in [-0.2, 0) is 4.79 Å². The second-order valence-electron chi connectivity index (χ2n) is 3.57. The van der Waals surface area contributed by atoms with Gasteiger partial charge in [0.25, 0.3) is 5.91 Å². The first kappa shape index (κ1) is 12.7. The summed E-state index contributed by atoms with van der Waals surface area (Å²) in [6.07, 6.45) is 1.51. The zero-order valence-electron chi connectivity index (χ0n) is 9.10. The summed E-state index contributed by atoms with van der Waals surface area (Å²) >= 11 is 1.45. The standard InChI is InChI=1S/C11H15NO3S/c1-2-3-9(6-10(13)14)12-11(15)8-4-5-16-7-8/h4-5,7,9H,2-3,6H2,1H3,(H,12,15)(H,13,14). The lowest BCUT2D eigenvalue weighted by atomic mass is 10.1. The Morgan fingerprint density at radius 3 is 2.81 bits per heavy atom. The van der Waals surface area contributed by atoms with Crippen molar-refractivity contribution in [2.75, 3.05) is 0 Å². The van der Waals surface area contributed by atoms with Gasteiger partial charge in [0, 0.05) is 17.0 Å². The predicted octanol–water partition coefficient (Wildman–Crippen LogP) is 2.12. The normalized spacial score (nSPS) is 12.1. The monoisotopic (exact) mass is 241 g/mol. The largest absolute Gasteiger partial charge is 0.481 e. The summed E-state index contributed by atoms with van der Waals surface area (Å²) in [6.45, 7) is 1.96. The Balaban J connectivity index is 2.54. The van der Waals surface area contributed by atoms with Gasteiger partial charge in [-0.2, -0.15) is 11.3 Å². The molecule has 1 amide bonds. The number of rotatable bonds is 6. The Hall–Kier alpha value is -1.36. The minimum Gasteiger partial charge on any atom is -0.481 e. The molecule has 0 aliphatic heterocycles. The van der Waals surface area contributed by atoms with Crippen molar-refractivity contribution in [3.63, 3.8) is 0 Å². The minimum absolute atomic E-state index is 0.0241. The van der Waals surface area contributed by atoms with E-state index in [1.807, 2.05) is 12.3 Å². The first-order valence-corrected chi connectivity index (χ1v) is 6.12. The van der Waals surface area contributed by atoms with Crippen molar-refractivity contribution < 1.29 is 14.7 Å². The Morgan fingerprint density at radius 2 is 2.31 bits per heavy atom. The molecule has 0 saturated carbocycles. The number of carboxylic acids is 1. The van der Waals surface area contributed by atoms with Crippen molar-refractivity contribution in [3.8, 4) is 0 Å². The van der Waals surface area contributed by atoms with Crippen molar-refractivity contribution >= 4 is 23.2 Å². The third-order valence-corrected chi connectivity index (χ3v) is 2.86. The molecule has 1 unspecified atom stereocenters. The van der Waals surface area contributed by atoms with E-state index in [9.17, 15) is 9.59 Å². The summed E-state index contributed by atoms with van der Waals surface area (Å²) < 4.78 is 0. The van der Waals surface area contributed by atoms with Gasteiger partial charge in [0.1, 0.15) is 0 Å². The van der Waals surface area contributed by atoms with Gasteiger partial charge in [-0.15, -0.1) is 0 Å². The topological polar surface area (TPSA) is 66.4 Å². The average molecular weight is 241 g/mol. The highest BCUT2D eigenvalue weighted by Crippen LogP contribution is 2.08. The van der Waals surface area contributed by atoms with Crippen LogP contribution in [0, 0.1) is 0 Å². The number of carbonyl (C=O) groups excluding carboxylic acids is 1. The first-order valence-electron chi connectivity index (χ1n) is 5.18. The van der Waals surface area contributed by atoms with E-state index in [4.69, 9.17) is 5.11 Å². The van der Waals surface area contributed by atoms with E-state index < -0.39 is 5.97 Å². The fraction of sp³-hybridized carbons (Fsp3) is 0.455. The number of thiophene rings is 1. The quantitative estimate of drug-likeness (QED) is 0.801. The van der Waals surface area contributed by atoms with Gasteiger partial charge in [-0.1, -0.05) is 13.3 Å². The van der Waals surface area contributed by atoms with Crippen LogP contribution in [0.15, 0.2) is 16.8 Å². The maximum absolute atomic E-state index is 11.7. The van der Waals surface area contributed by atoms with Crippen molar-refractivity contribution in [2.24, 2.45) is 0 Å². The van der Waals surface area contributed by atoms with Gasteiger partial charge in [0.2, 0.25) is 0 Å². The molecule has 1 aromatic rings. The molecule has 0 aliphatic carbocycles. The molecule has 16 heavy (non-hydrogen) atoms. The molecule has 88 valence electrons. The van der Waals surface area contributed by atoms with E-state index >= 15 is 0 Å². The molecular weight excluding hydrogens is 226 g/mol. The molecule has 0 bridgehead atoms. The van der Waals surface area contributed by atoms with Crippen molar-refractivity contribution in [2.45, 2.75) is 32.2 Å². The van der Waals surface area contributed by atoms with Crippen LogP contribution in [0.5, 0.6) is 0 Å². The van der Waals surface area contributed by atoms with E-state index in [0.29, 0.717) is 12.0 Å². The number of carboxylic acid groups (broad SMARTS) is 1. The maximum atomic E-state index is 11.7. The molecule has 0 aromatic carbocycles. The Labute approximate surface area is 98.3 Å². The summed E-state index contributed by atoms with van der Waals surface area (Å²) in [4.78, 5) is 22.3. The van der Waals surface area contributed by atoms with E-state index in [-0.39, 0.29) is 18.4 Å². The summed E-state index contributed by atoms with van der Waals surface area (Å²) in [5.74, 6) is -1.08. The van der Waals surface area contributed by atoms with Gasteiger partial charge in [-0.25, -0.2) is 0 Å². The number of amides is 1. The molecule has 1 aromatic heterocycles. The van der Waals surface area contributed by atoms with E-state index in [0.717, 1.165) is 6.42 Å². The highest BCUT2D eigenvalue weighted by molar-refractivity contribution is 7.08. The number of hydrogen-bond donors (Lipinski definition) is 2. The first-order chi connectivity index (χ1) is 7.63. The van der Waals surface area contributed by atoms with Crippen LogP contribution < -0.4 is 5.32 Å². The lowest BCUT2D eigenvalue weighted by molar-refractivity contribution is -0.137. The minimum atomic E-state index is -0.885. The van der Waals surface area contributed by atoms with Gasteiger partial charge in [-0.3, -0.25) is 9.59 Å². The lowest BCUT2D eigenvalue weighted by Crippen LogP contribution is -2.36. The van der Waals surface area contributed by atoms with Crippen molar-refractivity contribution in [3.05, 3.63) is 22.4 Å². The van der Waals surface area contributed by atoms with E-state index in [1.54, 1.807) is 11.4 Å². The van der Waals surface area contributed by atoms with Gasteiger partial charge in [0.05, 0.1) is 6.42 Å². The molecule has 0 radical (unpaired) electrons. The van der Waals surface area contributed by atoms with Gasteiger partial charge in [0.15, 0.2) is 0 Å². The molecule has 1 atom stereocenters. The molecule has 0 saturated heterocycles. The summed E-state index contributed by atoms with van der Waals surface area (Å²) in [5.41, 5.74) is 0.594. The zero-order valence-corrected chi connectivity index (χ0v) is 9.92. The third kappa shape index (κ3) is 4.02. The SMILES string of the molecule is CCCC(CC(=O)O)NC(=O)c1ccsc1. The summed E-state index contributed by atoms with van der Waals surface area (Å²) in [5, 5.41) is 15.0. The fourth-order valence-electron chi connectivity index (χ4n) is 1.45. The smallest absolute Gasteiger partial charge is 0.305 e. The van der Waals surface area contributed by atoms with Crippen molar-refractivity contribution in [1.29, 1.82) is 0 Å². The predicted molar refractivity (Wildman–Crippen MR) is 62.7 cm³/mol. The molecular formula is C11H15NO3S. The summed E-state index contributed by atoms with van der Waals surface area (Å²) in [7, 11) is 0. The second kappa shape index (κ2) is 6.27. The van der Waals surface area contributed by atoms with Crippen LogP contribution >= 0.6 is 11.3 Å². The van der Waals surface area contributed by atoms with E-state index in [2.05, 4.69) is 5.32 Å². The highest BCUT2D eigenvalue weighted by Gasteiger charge is 2.16. The van der Waals surface area contributed by atoms with Gasteiger partial charge < -0.3 is 10.4 Å². The fourth-order valence-corrected chi connectivity index (χ4v) is 2.08. The molecule has 2 N–H and O–H groups in total. The number of hydrogen-bond acceptors (Lipinski definition) is 3. The molecule has 4 nitrogen and oxygen atoms in total. The molecule has 1 heterocycles. The Kier molecular flexibility index (Phi) is 4.98. The van der Waals surface area contributed by atoms with Gasteiger partial charge >= 0.3 is 5.97 Å². The molecule has 0 spiro atoms. The van der Waals surface area contributed by atoms with Crippen LogP contribution in [0.25, 0.3) is 0 Å². The molecule has 0 fully saturated rings. The van der Waals surface area contributed by atoms with Gasteiger partial charge in [-0.05, 0) is 17.9 Å². The highest BCUT2D eigenvalue weighted by atomic mass is 32.1. The average Bonchev–Trinajstić information content (AvgIpc) is 2.69. The van der Waals surface area contributed by atoms with Crippen LogP contribution in [0.4, 0.5) is 0 Å². The van der Waals surface area contributed by atoms with Crippen LogP contribution in [-0.4, -0.2) is 23.0 Å². The van der Waals surface area contributed by atoms with Crippen molar-refractivity contribution in [1.82, 2.24) is 5.32 Å². The third-order valence-electron chi connectivity index (χ3n) is 2.18. The van der Waals surface area contributed by atoms with Crippen LogP contribution in [0.1, 0.15) is 36.5 Å². The summed E-state index contributed by atoms with van der Waals surface area (Å²) in [6, 6.07) is 1.44. The molecule has 5 heteroatoms. The Bertz CT molecular complexity index is 348. The Morgan fingerprint density at radius 1 is 1.56 bits per heavy atom.